The Bertz CT molecular complexity index is 1220. The highest BCUT2D eigenvalue weighted by molar-refractivity contribution is 7.99. The van der Waals surface area contributed by atoms with E-state index in [-0.39, 0.29) is 28.1 Å². The van der Waals surface area contributed by atoms with Gasteiger partial charge in [0.1, 0.15) is 4.83 Å². The lowest BCUT2D eigenvalue weighted by Crippen LogP contribution is -2.26. The number of amides is 1. The molecule has 2 aromatic heterocycles. The van der Waals surface area contributed by atoms with Gasteiger partial charge in [-0.2, -0.15) is 13.2 Å². The second-order valence-corrected chi connectivity index (χ2v) is 9.58. The van der Waals surface area contributed by atoms with Crippen LogP contribution in [-0.4, -0.2) is 40.2 Å². The van der Waals surface area contributed by atoms with Crippen LogP contribution in [0.2, 0.25) is 0 Å². The fourth-order valence-electron chi connectivity index (χ4n) is 3.59. The van der Waals surface area contributed by atoms with Crippen molar-refractivity contribution < 1.29 is 18.0 Å². The summed E-state index contributed by atoms with van der Waals surface area (Å²) in [5.41, 5.74) is -0.177. The summed E-state index contributed by atoms with van der Waals surface area (Å²) in [6.45, 7) is 0. The predicted molar refractivity (Wildman–Crippen MR) is 116 cm³/mol. The van der Waals surface area contributed by atoms with E-state index in [1.807, 2.05) is 0 Å². The molecule has 1 aliphatic carbocycles. The van der Waals surface area contributed by atoms with Crippen LogP contribution >= 0.6 is 23.1 Å². The van der Waals surface area contributed by atoms with Crippen molar-refractivity contribution in [3.63, 3.8) is 0 Å². The summed E-state index contributed by atoms with van der Waals surface area (Å²) < 4.78 is 41.1. The second-order valence-electron chi connectivity index (χ2n) is 7.55. The van der Waals surface area contributed by atoms with Crippen LogP contribution in [0.4, 0.5) is 13.2 Å². The molecule has 164 valence electrons. The first-order valence-electron chi connectivity index (χ1n) is 9.74. The Labute approximate surface area is 184 Å². The summed E-state index contributed by atoms with van der Waals surface area (Å²) in [4.78, 5) is 33.4. The zero-order valence-corrected chi connectivity index (χ0v) is 18.6. The molecule has 0 saturated heterocycles. The minimum Gasteiger partial charge on any atom is -0.348 e. The molecule has 2 heterocycles. The van der Waals surface area contributed by atoms with Crippen molar-refractivity contribution in [3.05, 3.63) is 50.6 Å². The van der Waals surface area contributed by atoms with Crippen molar-refractivity contribution >= 4 is 39.2 Å². The molecule has 0 bridgehead atoms. The molecule has 0 aliphatic heterocycles. The number of carbonyl (C=O) groups is 1. The van der Waals surface area contributed by atoms with E-state index in [0.717, 1.165) is 60.0 Å². The van der Waals surface area contributed by atoms with E-state index >= 15 is 0 Å². The molecule has 0 fully saturated rings. The molecule has 31 heavy (non-hydrogen) atoms. The Morgan fingerprint density at radius 1 is 1.26 bits per heavy atom. The number of thioether (sulfide) groups is 1. The third-order valence-electron chi connectivity index (χ3n) is 5.21. The minimum absolute atomic E-state index is 0.0228. The number of nitrogens with zero attached hydrogens (tertiary/aromatic N) is 3. The maximum Gasteiger partial charge on any atom is 0.416 e. The highest BCUT2D eigenvalue weighted by Gasteiger charge is 2.31. The molecule has 1 aromatic carbocycles. The quantitative estimate of drug-likeness (QED) is 0.418. The molecule has 10 heteroatoms. The van der Waals surface area contributed by atoms with Crippen LogP contribution in [0.1, 0.15) is 28.8 Å². The van der Waals surface area contributed by atoms with Crippen molar-refractivity contribution in [1.29, 1.82) is 0 Å². The van der Waals surface area contributed by atoms with E-state index in [9.17, 15) is 22.8 Å². The molecule has 4 rings (SSSR count). The van der Waals surface area contributed by atoms with Crippen LogP contribution in [0, 0.1) is 0 Å². The zero-order chi connectivity index (χ0) is 22.3. The first-order chi connectivity index (χ1) is 14.7. The highest BCUT2D eigenvalue weighted by atomic mass is 32.2. The van der Waals surface area contributed by atoms with Crippen molar-refractivity contribution in [1.82, 2.24) is 14.5 Å². The molecule has 0 saturated carbocycles. The number of thiophene rings is 1. The maximum atomic E-state index is 13.6. The molecular weight excluding hydrogens is 447 g/mol. The summed E-state index contributed by atoms with van der Waals surface area (Å²) in [6.07, 6.45) is -0.884. The van der Waals surface area contributed by atoms with E-state index in [1.54, 1.807) is 14.1 Å². The highest BCUT2D eigenvalue weighted by Crippen LogP contribution is 2.36. The lowest BCUT2D eigenvalue weighted by atomic mass is 9.97. The number of alkyl halides is 3. The van der Waals surface area contributed by atoms with Crippen LogP contribution in [0.3, 0.4) is 0 Å². The molecule has 0 unspecified atom stereocenters. The maximum absolute atomic E-state index is 13.6. The SMILES string of the molecule is CN(C)C(=O)CSc1nc2sc3c(c2c(=O)n1-c1cccc(C(F)(F)F)c1)CCCC3. The van der Waals surface area contributed by atoms with Gasteiger partial charge in [-0.15, -0.1) is 11.3 Å². The van der Waals surface area contributed by atoms with Gasteiger partial charge >= 0.3 is 6.18 Å². The summed E-state index contributed by atoms with van der Waals surface area (Å²) >= 11 is 2.52. The second kappa shape index (κ2) is 8.31. The molecule has 0 N–H and O–H groups in total. The fourth-order valence-corrected chi connectivity index (χ4v) is 5.88. The zero-order valence-electron chi connectivity index (χ0n) is 17.0. The molecule has 3 aromatic rings. The fraction of sp³-hybridized carbons (Fsp3) is 0.381. The third-order valence-corrected chi connectivity index (χ3v) is 7.32. The number of rotatable bonds is 4. The molecule has 5 nitrogen and oxygen atoms in total. The number of hydrogen-bond acceptors (Lipinski definition) is 5. The minimum atomic E-state index is -4.53. The van der Waals surface area contributed by atoms with Gasteiger partial charge in [-0.3, -0.25) is 14.2 Å². The van der Waals surface area contributed by atoms with Gasteiger partial charge in [0, 0.05) is 19.0 Å². The van der Waals surface area contributed by atoms with Crippen LogP contribution in [0.5, 0.6) is 0 Å². The Kier molecular flexibility index (Phi) is 5.87. The summed E-state index contributed by atoms with van der Waals surface area (Å²) in [5, 5.41) is 0.700. The summed E-state index contributed by atoms with van der Waals surface area (Å²) in [7, 11) is 3.24. The van der Waals surface area contributed by atoms with Crippen LogP contribution in [-0.2, 0) is 23.8 Å². The Morgan fingerprint density at radius 2 is 2.00 bits per heavy atom. The Balaban J connectivity index is 1.92. The predicted octanol–water partition coefficient (Wildman–Crippen LogP) is 4.53. The van der Waals surface area contributed by atoms with Gasteiger partial charge in [-0.25, -0.2) is 4.98 Å². The number of aryl methyl sites for hydroxylation is 2. The Morgan fingerprint density at radius 3 is 2.71 bits per heavy atom. The van der Waals surface area contributed by atoms with Crippen LogP contribution in [0.25, 0.3) is 15.9 Å². The number of halogens is 3. The van der Waals surface area contributed by atoms with Crippen LogP contribution < -0.4 is 5.56 Å². The van der Waals surface area contributed by atoms with E-state index in [1.165, 1.54) is 32.9 Å². The normalized spacial score (nSPS) is 14.0. The van der Waals surface area contributed by atoms with Gasteiger partial charge in [0.05, 0.1) is 22.4 Å². The molecule has 0 radical (unpaired) electrons. The number of carbonyl (C=O) groups excluding carboxylic acids is 1. The molecule has 0 atom stereocenters. The van der Waals surface area contributed by atoms with E-state index in [2.05, 4.69) is 4.98 Å². The van der Waals surface area contributed by atoms with Gasteiger partial charge in [-0.05, 0) is 49.4 Å². The third kappa shape index (κ3) is 4.23. The van der Waals surface area contributed by atoms with Gasteiger partial charge in [0.15, 0.2) is 5.16 Å². The van der Waals surface area contributed by atoms with E-state index in [4.69, 9.17) is 0 Å². The molecular formula is C21H20F3N3O2S2. The first kappa shape index (κ1) is 21.9. The van der Waals surface area contributed by atoms with Crippen molar-refractivity contribution in [2.24, 2.45) is 0 Å². The average molecular weight is 468 g/mol. The molecule has 0 spiro atoms. The van der Waals surface area contributed by atoms with Crippen molar-refractivity contribution in [2.75, 3.05) is 19.8 Å². The standard InChI is InChI=1S/C21H20F3N3O2S2/c1-26(2)16(28)11-30-20-25-18-17(14-8-3-4-9-15(14)31-18)19(29)27(20)13-7-5-6-12(10-13)21(22,23)24/h5-7,10H,3-4,8-9,11H2,1-2H3. The molecule has 1 aliphatic rings. The van der Waals surface area contributed by atoms with Crippen molar-refractivity contribution in [3.8, 4) is 5.69 Å². The number of fused-ring (bicyclic) bond motifs is 3. The number of aromatic nitrogens is 2. The number of hydrogen-bond donors (Lipinski definition) is 0. The van der Waals surface area contributed by atoms with Gasteiger partial charge in [0.25, 0.3) is 5.56 Å². The Hall–Kier alpha value is -2.33. The first-order valence-corrected chi connectivity index (χ1v) is 11.5. The lowest BCUT2D eigenvalue weighted by molar-refractivity contribution is -0.137. The van der Waals surface area contributed by atoms with Gasteiger partial charge < -0.3 is 4.90 Å². The van der Waals surface area contributed by atoms with Crippen molar-refractivity contribution in [2.45, 2.75) is 37.0 Å². The molecule has 1 amide bonds. The largest absolute Gasteiger partial charge is 0.416 e. The van der Waals surface area contributed by atoms with Crippen LogP contribution in [0.15, 0.2) is 34.2 Å². The van der Waals surface area contributed by atoms with Gasteiger partial charge in [-0.1, -0.05) is 17.8 Å². The monoisotopic (exact) mass is 467 g/mol. The topological polar surface area (TPSA) is 55.2 Å². The lowest BCUT2D eigenvalue weighted by Gasteiger charge is -2.16. The number of benzene rings is 1. The van der Waals surface area contributed by atoms with E-state index < -0.39 is 11.7 Å². The smallest absolute Gasteiger partial charge is 0.348 e. The summed E-state index contributed by atoms with van der Waals surface area (Å²) in [6, 6.07) is 4.65. The summed E-state index contributed by atoms with van der Waals surface area (Å²) in [5.74, 6) is -0.157. The van der Waals surface area contributed by atoms with Gasteiger partial charge in [0.2, 0.25) is 5.91 Å². The average Bonchev–Trinajstić information content (AvgIpc) is 3.10. The van der Waals surface area contributed by atoms with E-state index in [0.29, 0.717) is 10.2 Å².